The molecule has 0 atom stereocenters. The summed E-state index contributed by atoms with van der Waals surface area (Å²) in [6.07, 6.45) is 1.78. The highest BCUT2D eigenvalue weighted by Gasteiger charge is 2.31. The van der Waals surface area contributed by atoms with Crippen LogP contribution in [-0.4, -0.2) is 47.8 Å². The van der Waals surface area contributed by atoms with E-state index in [0.717, 1.165) is 5.56 Å². The van der Waals surface area contributed by atoms with Crippen LogP contribution in [0.2, 0.25) is 5.02 Å². The summed E-state index contributed by atoms with van der Waals surface area (Å²) in [6.45, 7) is 0.421. The van der Waals surface area contributed by atoms with Gasteiger partial charge in [-0.15, -0.1) is 0 Å². The van der Waals surface area contributed by atoms with E-state index in [-0.39, 0.29) is 31.5 Å². The Balaban J connectivity index is 1.48. The number of methoxy groups -OCH3 is 1. The lowest BCUT2D eigenvalue weighted by Crippen LogP contribution is -2.38. The van der Waals surface area contributed by atoms with Crippen LogP contribution in [0.4, 0.5) is 0 Å². The van der Waals surface area contributed by atoms with E-state index >= 15 is 0 Å². The summed E-state index contributed by atoms with van der Waals surface area (Å²) in [5.74, 6) is 0.790. The van der Waals surface area contributed by atoms with Crippen molar-refractivity contribution < 1.29 is 19.1 Å². The molecule has 0 radical (unpaired) electrons. The average Bonchev–Trinajstić information content (AvgIpc) is 3.00. The third kappa shape index (κ3) is 5.98. The minimum absolute atomic E-state index is 0.129. The molecular weight excluding hydrogens is 444 g/mol. The summed E-state index contributed by atoms with van der Waals surface area (Å²) in [5.41, 5.74) is 0.850. The van der Waals surface area contributed by atoms with Crippen molar-refractivity contribution >= 4 is 57.8 Å². The van der Waals surface area contributed by atoms with Crippen LogP contribution in [0.25, 0.3) is 6.08 Å². The minimum atomic E-state index is -0.290. The Hall–Kier alpha value is -2.55. The van der Waals surface area contributed by atoms with Gasteiger partial charge in [-0.1, -0.05) is 47.7 Å². The van der Waals surface area contributed by atoms with Gasteiger partial charge in [-0.2, -0.15) is 0 Å². The smallest absolute Gasteiger partial charge is 0.266 e. The number of thioether (sulfide) groups is 1. The number of carbonyl (C=O) groups excluding carboxylic acids is 2. The van der Waals surface area contributed by atoms with Crippen molar-refractivity contribution in [2.45, 2.75) is 0 Å². The van der Waals surface area contributed by atoms with Crippen molar-refractivity contribution in [3.8, 4) is 11.5 Å². The van der Waals surface area contributed by atoms with Gasteiger partial charge in [0.1, 0.15) is 15.8 Å². The molecule has 1 fully saturated rings. The largest absolute Gasteiger partial charge is 0.497 e. The van der Waals surface area contributed by atoms with E-state index in [1.807, 2.05) is 24.3 Å². The monoisotopic (exact) mass is 462 g/mol. The first-order valence-electron chi connectivity index (χ1n) is 9.01. The SMILES string of the molecule is COc1cccc(/C=C2/SC(=S)N(CCNC(=O)COc3ccc(Cl)cc3)C2=O)c1. The molecule has 2 aromatic carbocycles. The Labute approximate surface area is 189 Å². The number of rotatable bonds is 8. The zero-order valence-corrected chi connectivity index (χ0v) is 18.5. The number of amides is 2. The van der Waals surface area contributed by atoms with Crippen molar-refractivity contribution in [1.29, 1.82) is 0 Å². The van der Waals surface area contributed by atoms with E-state index in [1.54, 1.807) is 37.5 Å². The number of ether oxygens (including phenoxy) is 2. The van der Waals surface area contributed by atoms with Crippen LogP contribution in [0.3, 0.4) is 0 Å². The number of halogens is 1. The minimum Gasteiger partial charge on any atom is -0.497 e. The molecule has 1 saturated heterocycles. The van der Waals surface area contributed by atoms with E-state index in [9.17, 15) is 9.59 Å². The van der Waals surface area contributed by atoms with Crippen molar-refractivity contribution in [3.05, 3.63) is 64.0 Å². The molecule has 1 N–H and O–H groups in total. The summed E-state index contributed by atoms with van der Waals surface area (Å²) in [7, 11) is 1.59. The van der Waals surface area contributed by atoms with Gasteiger partial charge in [0.05, 0.1) is 12.0 Å². The Morgan fingerprint density at radius 3 is 2.73 bits per heavy atom. The first-order chi connectivity index (χ1) is 14.5. The number of nitrogens with one attached hydrogen (secondary N) is 1. The fourth-order valence-electron chi connectivity index (χ4n) is 2.61. The number of carbonyl (C=O) groups is 2. The summed E-state index contributed by atoms with van der Waals surface area (Å²) >= 11 is 12.4. The Morgan fingerprint density at radius 1 is 1.23 bits per heavy atom. The number of thiocarbonyl (C=S) groups is 1. The van der Waals surface area contributed by atoms with E-state index in [1.165, 1.54) is 16.7 Å². The fraction of sp³-hybridized carbons (Fsp3) is 0.190. The lowest BCUT2D eigenvalue weighted by Gasteiger charge is -2.15. The van der Waals surface area contributed by atoms with E-state index < -0.39 is 0 Å². The third-order valence-corrected chi connectivity index (χ3v) is 5.74. The van der Waals surface area contributed by atoms with E-state index in [2.05, 4.69) is 5.32 Å². The highest BCUT2D eigenvalue weighted by molar-refractivity contribution is 8.26. The molecule has 0 bridgehead atoms. The van der Waals surface area contributed by atoms with Crippen LogP contribution in [0, 0.1) is 0 Å². The molecule has 1 aliphatic rings. The molecule has 9 heteroatoms. The molecule has 30 heavy (non-hydrogen) atoms. The number of nitrogens with zero attached hydrogens (tertiary/aromatic N) is 1. The molecule has 3 rings (SSSR count). The van der Waals surface area contributed by atoms with Gasteiger partial charge >= 0.3 is 0 Å². The van der Waals surface area contributed by atoms with E-state index in [4.69, 9.17) is 33.3 Å². The van der Waals surface area contributed by atoms with Crippen LogP contribution in [0.15, 0.2) is 53.4 Å². The van der Waals surface area contributed by atoms with Gasteiger partial charge in [-0.3, -0.25) is 14.5 Å². The zero-order valence-electron chi connectivity index (χ0n) is 16.1. The molecule has 1 heterocycles. The quantitative estimate of drug-likeness (QED) is 0.476. The maximum absolute atomic E-state index is 12.7. The fourth-order valence-corrected chi connectivity index (χ4v) is 4.05. The van der Waals surface area contributed by atoms with Crippen LogP contribution >= 0.6 is 35.6 Å². The lowest BCUT2D eigenvalue weighted by atomic mass is 10.2. The summed E-state index contributed by atoms with van der Waals surface area (Å²) < 4.78 is 11.1. The van der Waals surface area contributed by atoms with Gasteiger partial charge < -0.3 is 14.8 Å². The van der Waals surface area contributed by atoms with Crippen LogP contribution in [-0.2, 0) is 9.59 Å². The second-order valence-corrected chi connectivity index (χ2v) is 8.31. The highest BCUT2D eigenvalue weighted by Crippen LogP contribution is 2.32. The van der Waals surface area contributed by atoms with Gasteiger partial charge in [0, 0.05) is 18.1 Å². The van der Waals surface area contributed by atoms with Gasteiger partial charge in [-0.05, 0) is 48.0 Å². The van der Waals surface area contributed by atoms with Crippen molar-refractivity contribution in [3.63, 3.8) is 0 Å². The standard InChI is InChI=1S/C21H19ClN2O4S2/c1-27-17-4-2-3-14(11-17)12-18-20(26)24(21(29)30-18)10-9-23-19(25)13-28-16-7-5-15(22)6-8-16/h2-8,11-12H,9-10,13H2,1H3,(H,23,25)/b18-12+. The Morgan fingerprint density at radius 2 is 2.00 bits per heavy atom. The predicted molar refractivity (Wildman–Crippen MR) is 123 cm³/mol. The van der Waals surface area contributed by atoms with Crippen molar-refractivity contribution in [2.75, 3.05) is 26.8 Å². The first-order valence-corrected chi connectivity index (χ1v) is 10.6. The maximum atomic E-state index is 12.7. The molecule has 2 aromatic rings. The molecule has 0 spiro atoms. The second-order valence-electron chi connectivity index (χ2n) is 6.20. The molecule has 0 aliphatic carbocycles. The zero-order chi connectivity index (χ0) is 21.5. The predicted octanol–water partition coefficient (Wildman–Crippen LogP) is 3.75. The molecule has 0 saturated carbocycles. The summed E-state index contributed by atoms with van der Waals surface area (Å²) in [4.78, 5) is 26.6. The van der Waals surface area contributed by atoms with Gasteiger partial charge in [0.25, 0.3) is 11.8 Å². The number of benzene rings is 2. The van der Waals surface area contributed by atoms with Gasteiger partial charge in [0.15, 0.2) is 6.61 Å². The molecule has 0 aromatic heterocycles. The summed E-state index contributed by atoms with van der Waals surface area (Å²) in [5, 5.41) is 3.32. The van der Waals surface area contributed by atoms with Gasteiger partial charge in [0.2, 0.25) is 0 Å². The number of hydrogen-bond acceptors (Lipinski definition) is 6. The van der Waals surface area contributed by atoms with Gasteiger partial charge in [-0.25, -0.2) is 0 Å². The van der Waals surface area contributed by atoms with Crippen LogP contribution < -0.4 is 14.8 Å². The van der Waals surface area contributed by atoms with Crippen molar-refractivity contribution in [1.82, 2.24) is 10.2 Å². The average molecular weight is 463 g/mol. The summed E-state index contributed by atoms with van der Waals surface area (Å²) in [6, 6.07) is 14.2. The lowest BCUT2D eigenvalue weighted by molar-refractivity contribution is -0.124. The molecular formula is C21H19ClN2O4S2. The second kappa shape index (κ2) is 10.5. The topological polar surface area (TPSA) is 67.9 Å². The molecule has 2 amide bonds. The molecule has 6 nitrogen and oxygen atoms in total. The number of hydrogen-bond donors (Lipinski definition) is 1. The maximum Gasteiger partial charge on any atom is 0.266 e. The normalized spacial score (nSPS) is 14.9. The Bertz CT molecular complexity index is 979. The van der Waals surface area contributed by atoms with E-state index in [0.29, 0.717) is 25.7 Å². The molecule has 0 unspecified atom stereocenters. The Kier molecular flexibility index (Phi) is 7.73. The highest BCUT2D eigenvalue weighted by atomic mass is 35.5. The first kappa shape index (κ1) is 22.1. The van der Waals surface area contributed by atoms with Crippen LogP contribution in [0.5, 0.6) is 11.5 Å². The molecule has 156 valence electrons. The molecule has 1 aliphatic heterocycles. The van der Waals surface area contributed by atoms with Crippen LogP contribution in [0.1, 0.15) is 5.56 Å². The van der Waals surface area contributed by atoms with Crippen molar-refractivity contribution in [2.24, 2.45) is 0 Å². The third-order valence-electron chi connectivity index (χ3n) is 4.11.